The molecule has 8 nitrogen and oxygen atoms in total. The zero-order chi connectivity index (χ0) is 19.3. The maximum absolute atomic E-state index is 12.4. The lowest BCUT2D eigenvalue weighted by Crippen LogP contribution is -2.24. The number of rotatable bonds is 9. The minimum absolute atomic E-state index is 0.0423. The van der Waals surface area contributed by atoms with Crippen molar-refractivity contribution in [1.82, 2.24) is 9.88 Å². The highest BCUT2D eigenvalue weighted by molar-refractivity contribution is 7.91. The van der Waals surface area contributed by atoms with Crippen molar-refractivity contribution >= 4 is 27.3 Å². The van der Waals surface area contributed by atoms with E-state index in [1.54, 1.807) is 25.3 Å². The van der Waals surface area contributed by atoms with Crippen LogP contribution < -0.4 is 4.72 Å². The van der Waals surface area contributed by atoms with Crippen LogP contribution in [0, 0.1) is 0 Å². The van der Waals surface area contributed by atoms with Gasteiger partial charge in [-0.1, -0.05) is 5.16 Å². The van der Waals surface area contributed by atoms with Gasteiger partial charge < -0.3 is 13.7 Å². The monoisotopic (exact) mass is 410 g/mol. The number of aryl methyl sites for hydroxylation is 1. The number of thiophene rings is 1. The SMILES string of the molecule is CCOC(=O)c1cc(-c2ccc(S(=O)(=O)NCCCc3ccco3)s2)on1. The first-order valence-electron chi connectivity index (χ1n) is 8.25. The van der Waals surface area contributed by atoms with E-state index in [4.69, 9.17) is 13.7 Å². The predicted molar refractivity (Wildman–Crippen MR) is 98.0 cm³/mol. The normalized spacial score (nSPS) is 11.6. The van der Waals surface area contributed by atoms with Gasteiger partial charge in [0.05, 0.1) is 17.7 Å². The Balaban J connectivity index is 1.61. The topological polar surface area (TPSA) is 112 Å². The lowest BCUT2D eigenvalue weighted by Gasteiger charge is -2.03. The molecule has 0 bridgehead atoms. The molecule has 0 aliphatic rings. The van der Waals surface area contributed by atoms with E-state index in [0.29, 0.717) is 30.0 Å². The smallest absolute Gasteiger partial charge is 0.360 e. The second kappa shape index (κ2) is 8.51. The van der Waals surface area contributed by atoms with Crippen molar-refractivity contribution in [1.29, 1.82) is 0 Å². The van der Waals surface area contributed by atoms with Gasteiger partial charge in [0.2, 0.25) is 10.0 Å². The van der Waals surface area contributed by atoms with Gasteiger partial charge in [-0.3, -0.25) is 0 Å². The largest absolute Gasteiger partial charge is 0.469 e. The van der Waals surface area contributed by atoms with Gasteiger partial charge in [-0.15, -0.1) is 11.3 Å². The number of ether oxygens (including phenoxy) is 1. The summed E-state index contributed by atoms with van der Waals surface area (Å²) in [5.41, 5.74) is 0.0423. The van der Waals surface area contributed by atoms with Gasteiger partial charge in [0, 0.05) is 19.0 Å². The van der Waals surface area contributed by atoms with E-state index in [2.05, 4.69) is 9.88 Å². The number of hydrogen-bond donors (Lipinski definition) is 1. The zero-order valence-electron chi connectivity index (χ0n) is 14.5. The maximum atomic E-state index is 12.4. The van der Waals surface area contributed by atoms with Gasteiger partial charge in [0.25, 0.3) is 0 Å². The Morgan fingerprint density at radius 2 is 2.19 bits per heavy atom. The summed E-state index contributed by atoms with van der Waals surface area (Å²) in [6.07, 6.45) is 2.86. The van der Waals surface area contributed by atoms with E-state index in [0.717, 1.165) is 17.1 Å². The van der Waals surface area contributed by atoms with E-state index in [1.165, 1.54) is 12.1 Å². The van der Waals surface area contributed by atoms with Crippen molar-refractivity contribution in [2.75, 3.05) is 13.2 Å². The van der Waals surface area contributed by atoms with Crippen LogP contribution in [0.5, 0.6) is 0 Å². The number of esters is 1. The Kier molecular flexibility index (Phi) is 6.09. The average molecular weight is 410 g/mol. The molecule has 144 valence electrons. The fraction of sp³-hybridized carbons (Fsp3) is 0.294. The van der Waals surface area contributed by atoms with E-state index < -0.39 is 16.0 Å². The van der Waals surface area contributed by atoms with Gasteiger partial charge in [0.15, 0.2) is 11.5 Å². The molecule has 3 aromatic heterocycles. The molecule has 0 saturated carbocycles. The standard InChI is InChI=1S/C17H18N2O6S2/c1-2-23-17(20)13-11-14(25-19-13)15-7-8-16(26-15)27(21,22)18-9-3-5-12-6-4-10-24-12/h4,6-8,10-11,18H,2-3,5,9H2,1H3. The summed E-state index contributed by atoms with van der Waals surface area (Å²) in [5, 5.41) is 3.65. The van der Waals surface area contributed by atoms with Gasteiger partial charge >= 0.3 is 5.97 Å². The molecule has 3 heterocycles. The van der Waals surface area contributed by atoms with Crippen molar-refractivity contribution in [3.05, 3.63) is 48.0 Å². The first-order valence-corrected chi connectivity index (χ1v) is 10.6. The van der Waals surface area contributed by atoms with E-state index in [9.17, 15) is 13.2 Å². The Morgan fingerprint density at radius 1 is 1.33 bits per heavy atom. The summed E-state index contributed by atoms with van der Waals surface area (Å²) in [7, 11) is -3.62. The Bertz CT molecular complexity index is 988. The molecule has 27 heavy (non-hydrogen) atoms. The molecule has 0 amide bonds. The number of hydrogen-bond acceptors (Lipinski definition) is 8. The Morgan fingerprint density at radius 3 is 2.93 bits per heavy atom. The number of furan rings is 1. The van der Waals surface area contributed by atoms with E-state index >= 15 is 0 Å². The Labute approximate surface area is 160 Å². The molecular formula is C17H18N2O6S2. The highest BCUT2D eigenvalue weighted by Crippen LogP contribution is 2.31. The van der Waals surface area contributed by atoms with E-state index in [1.807, 2.05) is 6.07 Å². The third kappa shape index (κ3) is 4.85. The molecule has 0 aromatic carbocycles. The molecule has 0 radical (unpaired) electrons. The Hall–Kier alpha value is -2.43. The molecule has 1 N–H and O–H groups in total. The molecule has 10 heteroatoms. The quantitative estimate of drug-likeness (QED) is 0.426. The summed E-state index contributed by atoms with van der Waals surface area (Å²) in [5.74, 6) is 0.535. The number of sulfonamides is 1. The number of nitrogens with one attached hydrogen (secondary N) is 1. The number of nitrogens with zero attached hydrogens (tertiary/aromatic N) is 1. The van der Waals surface area contributed by atoms with Crippen LogP contribution in [0.4, 0.5) is 0 Å². The van der Waals surface area contributed by atoms with Crippen LogP contribution in [0.25, 0.3) is 10.6 Å². The number of carbonyl (C=O) groups is 1. The summed E-state index contributed by atoms with van der Waals surface area (Å²) in [6.45, 7) is 2.22. The van der Waals surface area contributed by atoms with Gasteiger partial charge in [0.1, 0.15) is 9.97 Å². The van der Waals surface area contributed by atoms with Crippen LogP contribution in [0.3, 0.4) is 0 Å². The third-order valence-electron chi connectivity index (χ3n) is 3.56. The highest BCUT2D eigenvalue weighted by atomic mass is 32.2. The molecule has 3 aromatic rings. The van der Waals surface area contributed by atoms with E-state index in [-0.39, 0.29) is 16.5 Å². The van der Waals surface area contributed by atoms with Crippen LogP contribution >= 0.6 is 11.3 Å². The third-order valence-corrected chi connectivity index (χ3v) is 6.61. The lowest BCUT2D eigenvalue weighted by atomic mass is 10.2. The van der Waals surface area contributed by atoms with Crippen LogP contribution in [0.15, 0.2) is 49.7 Å². The summed E-state index contributed by atoms with van der Waals surface area (Å²) in [6, 6.07) is 8.17. The van der Waals surface area contributed by atoms with Gasteiger partial charge in [-0.2, -0.15) is 0 Å². The number of aromatic nitrogens is 1. The van der Waals surface area contributed by atoms with Crippen LogP contribution in [-0.2, 0) is 21.2 Å². The maximum Gasteiger partial charge on any atom is 0.360 e. The van der Waals surface area contributed by atoms with Crippen molar-refractivity contribution < 1.29 is 26.9 Å². The van der Waals surface area contributed by atoms with Crippen molar-refractivity contribution in [2.24, 2.45) is 0 Å². The molecule has 0 fully saturated rings. The van der Waals surface area contributed by atoms with Crippen molar-refractivity contribution in [3.63, 3.8) is 0 Å². The minimum Gasteiger partial charge on any atom is -0.469 e. The average Bonchev–Trinajstić information content (AvgIpc) is 3.40. The number of carbonyl (C=O) groups excluding carboxylic acids is 1. The predicted octanol–water partition coefficient (Wildman–Crippen LogP) is 3.08. The lowest BCUT2D eigenvalue weighted by molar-refractivity contribution is 0.0514. The minimum atomic E-state index is -3.62. The highest BCUT2D eigenvalue weighted by Gasteiger charge is 2.20. The molecule has 0 spiro atoms. The van der Waals surface area contributed by atoms with Crippen molar-refractivity contribution in [2.45, 2.75) is 24.0 Å². The molecule has 0 aliphatic heterocycles. The second-order valence-electron chi connectivity index (χ2n) is 5.50. The summed E-state index contributed by atoms with van der Waals surface area (Å²) < 4.78 is 42.7. The molecule has 0 unspecified atom stereocenters. The molecule has 0 atom stereocenters. The molecular weight excluding hydrogens is 392 g/mol. The van der Waals surface area contributed by atoms with Crippen molar-refractivity contribution in [3.8, 4) is 10.6 Å². The molecule has 0 aliphatic carbocycles. The van der Waals surface area contributed by atoms with Crippen LogP contribution in [0.2, 0.25) is 0 Å². The second-order valence-corrected chi connectivity index (χ2v) is 8.57. The first kappa shape index (κ1) is 19.3. The zero-order valence-corrected chi connectivity index (χ0v) is 16.1. The van der Waals surface area contributed by atoms with Gasteiger partial charge in [-0.05, 0) is 37.6 Å². The molecule has 0 saturated heterocycles. The molecule has 3 rings (SSSR count). The van der Waals surface area contributed by atoms with Crippen LogP contribution in [-0.4, -0.2) is 32.7 Å². The summed E-state index contributed by atoms with van der Waals surface area (Å²) in [4.78, 5) is 12.2. The van der Waals surface area contributed by atoms with Gasteiger partial charge in [-0.25, -0.2) is 17.9 Å². The summed E-state index contributed by atoms with van der Waals surface area (Å²) >= 11 is 1.03. The fourth-order valence-electron chi connectivity index (χ4n) is 2.28. The fourth-order valence-corrected chi connectivity index (χ4v) is 4.66. The van der Waals surface area contributed by atoms with Crippen LogP contribution in [0.1, 0.15) is 29.6 Å². The first-order chi connectivity index (χ1) is 13.0.